The summed E-state index contributed by atoms with van der Waals surface area (Å²) in [6.45, 7) is 0.0305. The maximum atomic E-state index is 9.16. The van der Waals surface area contributed by atoms with Crippen LogP contribution in [0.2, 0.25) is 0 Å². The number of ether oxygens (including phenoxy) is 2. The summed E-state index contributed by atoms with van der Waals surface area (Å²) in [4.78, 5) is 4.46. The smallest absolute Gasteiger partial charge is 0.279 e. The highest BCUT2D eigenvalue weighted by Crippen LogP contribution is 2.35. The Morgan fingerprint density at radius 2 is 2.19 bits per heavy atom. The molecule has 0 spiro atoms. The Hall–Kier alpha value is -2.11. The predicted octanol–water partition coefficient (Wildman–Crippen LogP) is 3.38. The molecule has 21 heavy (non-hydrogen) atoms. The van der Waals surface area contributed by atoms with Gasteiger partial charge in [0.05, 0.1) is 16.8 Å². The molecule has 4 nitrogen and oxygen atoms in total. The molecular weight excluding hydrogens is 286 g/mol. The van der Waals surface area contributed by atoms with Crippen LogP contribution in [-0.4, -0.2) is 22.8 Å². The predicted molar refractivity (Wildman–Crippen MR) is 81.3 cm³/mol. The number of aliphatic hydroxyl groups excluding tert-OH is 1. The first-order chi connectivity index (χ1) is 10.3. The molecule has 1 aliphatic rings. The number of hydrogen-bond donors (Lipinski definition) is 1. The van der Waals surface area contributed by atoms with Crippen LogP contribution in [0.4, 0.5) is 0 Å². The molecule has 0 aliphatic carbocycles. The molecule has 3 aromatic rings. The highest BCUT2D eigenvalue weighted by molar-refractivity contribution is 7.20. The minimum absolute atomic E-state index is 0.0305. The quantitative estimate of drug-likeness (QED) is 0.805. The minimum Gasteiger partial charge on any atom is -0.487 e. The largest absolute Gasteiger partial charge is 0.487 e. The van der Waals surface area contributed by atoms with Crippen molar-refractivity contribution in [3.63, 3.8) is 0 Å². The third-order valence-corrected chi connectivity index (χ3v) is 4.37. The summed E-state index contributed by atoms with van der Waals surface area (Å²) in [6.07, 6.45) is 0.570. The van der Waals surface area contributed by atoms with Crippen LogP contribution in [-0.2, 0) is 6.42 Å². The van der Waals surface area contributed by atoms with Gasteiger partial charge in [-0.2, -0.15) is 0 Å². The molecule has 2 heterocycles. The number of para-hydroxylation sites is 1. The highest BCUT2D eigenvalue weighted by Gasteiger charge is 2.22. The van der Waals surface area contributed by atoms with Gasteiger partial charge in [-0.25, -0.2) is 4.98 Å². The summed E-state index contributed by atoms with van der Waals surface area (Å²) in [5, 5.41) is 9.79. The second kappa shape index (κ2) is 5.02. The van der Waals surface area contributed by atoms with Crippen LogP contribution in [0.1, 0.15) is 5.56 Å². The van der Waals surface area contributed by atoms with Crippen molar-refractivity contribution >= 4 is 21.6 Å². The van der Waals surface area contributed by atoms with Crippen molar-refractivity contribution in [2.75, 3.05) is 6.61 Å². The third kappa shape index (κ3) is 2.34. The van der Waals surface area contributed by atoms with E-state index in [4.69, 9.17) is 14.6 Å². The van der Waals surface area contributed by atoms with E-state index in [1.807, 2.05) is 42.5 Å². The Morgan fingerprint density at radius 1 is 1.29 bits per heavy atom. The van der Waals surface area contributed by atoms with Gasteiger partial charge in [0.1, 0.15) is 17.6 Å². The number of thiazole rings is 1. The number of fused-ring (bicyclic) bond motifs is 2. The molecule has 0 fully saturated rings. The molecule has 106 valence electrons. The van der Waals surface area contributed by atoms with Gasteiger partial charge < -0.3 is 14.6 Å². The van der Waals surface area contributed by atoms with Gasteiger partial charge in [-0.05, 0) is 30.3 Å². The zero-order valence-corrected chi connectivity index (χ0v) is 12.0. The summed E-state index contributed by atoms with van der Waals surface area (Å²) in [7, 11) is 0. The molecule has 0 amide bonds. The van der Waals surface area contributed by atoms with Gasteiger partial charge in [0.15, 0.2) is 0 Å². The number of rotatable bonds is 3. The summed E-state index contributed by atoms with van der Waals surface area (Å²) >= 11 is 1.53. The van der Waals surface area contributed by atoms with Gasteiger partial charge in [-0.1, -0.05) is 23.5 Å². The Balaban J connectivity index is 1.60. The van der Waals surface area contributed by atoms with Gasteiger partial charge in [-0.15, -0.1) is 0 Å². The van der Waals surface area contributed by atoms with Crippen molar-refractivity contribution < 1.29 is 14.6 Å². The van der Waals surface area contributed by atoms with Crippen LogP contribution in [0.5, 0.6) is 16.7 Å². The van der Waals surface area contributed by atoms with E-state index in [1.165, 1.54) is 11.3 Å². The topological polar surface area (TPSA) is 51.6 Å². The molecule has 1 aliphatic heterocycles. The first-order valence-electron chi connectivity index (χ1n) is 6.76. The lowest BCUT2D eigenvalue weighted by Gasteiger charge is -2.05. The lowest BCUT2D eigenvalue weighted by atomic mass is 10.1. The van der Waals surface area contributed by atoms with E-state index in [0.717, 1.165) is 27.3 Å². The molecule has 0 bridgehead atoms. The van der Waals surface area contributed by atoms with Crippen molar-refractivity contribution in [3.8, 4) is 16.7 Å². The average molecular weight is 299 g/mol. The normalized spacial score (nSPS) is 16.7. The van der Waals surface area contributed by atoms with E-state index >= 15 is 0 Å². The van der Waals surface area contributed by atoms with Crippen LogP contribution < -0.4 is 9.47 Å². The Bertz CT molecular complexity index is 766. The van der Waals surface area contributed by atoms with E-state index in [1.54, 1.807) is 0 Å². The second-order valence-corrected chi connectivity index (χ2v) is 5.94. The third-order valence-electron chi connectivity index (χ3n) is 3.46. The van der Waals surface area contributed by atoms with E-state index in [-0.39, 0.29) is 12.7 Å². The molecule has 0 saturated heterocycles. The summed E-state index contributed by atoms with van der Waals surface area (Å²) in [5.74, 6) is 1.57. The van der Waals surface area contributed by atoms with Crippen molar-refractivity contribution in [2.45, 2.75) is 12.5 Å². The molecule has 1 unspecified atom stereocenters. The van der Waals surface area contributed by atoms with Gasteiger partial charge in [-0.3, -0.25) is 0 Å². The number of nitrogens with zero attached hydrogens (tertiary/aromatic N) is 1. The van der Waals surface area contributed by atoms with Crippen molar-refractivity contribution in [1.29, 1.82) is 0 Å². The zero-order chi connectivity index (χ0) is 14.2. The fraction of sp³-hybridized carbons (Fsp3) is 0.188. The Kier molecular flexibility index (Phi) is 3.02. The molecule has 1 N–H and O–H groups in total. The van der Waals surface area contributed by atoms with Crippen LogP contribution >= 0.6 is 11.3 Å². The molecule has 1 atom stereocenters. The van der Waals surface area contributed by atoms with Crippen molar-refractivity contribution in [3.05, 3.63) is 48.0 Å². The molecule has 0 saturated carbocycles. The Morgan fingerprint density at radius 3 is 3.05 bits per heavy atom. The standard InChI is InChI=1S/C16H13NO3S/c18-9-12-8-10-7-11(5-6-14(10)19-12)20-16-17-13-3-1-2-4-15(13)21-16/h1-7,12,18H,8-9H2. The van der Waals surface area contributed by atoms with Gasteiger partial charge in [0.2, 0.25) is 0 Å². The lowest BCUT2D eigenvalue weighted by molar-refractivity contribution is 0.134. The lowest BCUT2D eigenvalue weighted by Crippen LogP contribution is -2.17. The number of aromatic nitrogens is 1. The molecule has 4 rings (SSSR count). The van der Waals surface area contributed by atoms with Crippen LogP contribution in [0, 0.1) is 0 Å². The highest BCUT2D eigenvalue weighted by atomic mass is 32.1. The van der Waals surface area contributed by atoms with E-state index in [0.29, 0.717) is 11.6 Å². The SMILES string of the molecule is OCC1Cc2cc(Oc3nc4ccccc4s3)ccc2O1. The van der Waals surface area contributed by atoms with Gasteiger partial charge in [0, 0.05) is 12.0 Å². The molecule has 2 aromatic carbocycles. The summed E-state index contributed by atoms with van der Waals surface area (Å²) in [5.41, 5.74) is 2.01. The summed E-state index contributed by atoms with van der Waals surface area (Å²) < 4.78 is 12.5. The fourth-order valence-electron chi connectivity index (χ4n) is 2.46. The van der Waals surface area contributed by atoms with Crippen molar-refractivity contribution in [2.24, 2.45) is 0 Å². The van der Waals surface area contributed by atoms with Gasteiger partial charge in [0.25, 0.3) is 5.19 Å². The molecule has 5 heteroatoms. The van der Waals surface area contributed by atoms with Crippen molar-refractivity contribution in [1.82, 2.24) is 4.98 Å². The Labute approximate surface area is 125 Å². The molecule has 1 aromatic heterocycles. The minimum atomic E-state index is -0.141. The maximum Gasteiger partial charge on any atom is 0.279 e. The second-order valence-electron chi connectivity index (χ2n) is 4.95. The van der Waals surface area contributed by atoms with Crippen LogP contribution in [0.15, 0.2) is 42.5 Å². The van der Waals surface area contributed by atoms with E-state index in [9.17, 15) is 0 Å². The first kappa shape index (κ1) is 12.6. The zero-order valence-electron chi connectivity index (χ0n) is 11.2. The van der Waals surface area contributed by atoms with Crippen LogP contribution in [0.25, 0.3) is 10.2 Å². The number of benzene rings is 2. The number of hydrogen-bond acceptors (Lipinski definition) is 5. The average Bonchev–Trinajstić information content (AvgIpc) is 3.09. The van der Waals surface area contributed by atoms with Gasteiger partial charge >= 0.3 is 0 Å². The van der Waals surface area contributed by atoms with E-state index in [2.05, 4.69) is 4.98 Å². The maximum absolute atomic E-state index is 9.16. The fourth-order valence-corrected chi connectivity index (χ4v) is 3.29. The van der Waals surface area contributed by atoms with Crippen LogP contribution in [0.3, 0.4) is 0 Å². The first-order valence-corrected chi connectivity index (χ1v) is 7.57. The molecular formula is C16H13NO3S. The monoisotopic (exact) mass is 299 g/mol. The summed E-state index contributed by atoms with van der Waals surface area (Å²) in [6, 6.07) is 13.7. The molecule has 0 radical (unpaired) electrons. The number of aliphatic hydroxyl groups is 1. The van der Waals surface area contributed by atoms with E-state index < -0.39 is 0 Å².